The van der Waals surface area contributed by atoms with Crippen molar-refractivity contribution >= 4 is 26.7 Å². The maximum Gasteiger partial charge on any atom is 0.186 e. The van der Waals surface area contributed by atoms with Crippen LogP contribution in [0, 0.1) is 0 Å². The Morgan fingerprint density at radius 2 is 1.93 bits per heavy atom. The number of piperidine rings is 1. The van der Waals surface area contributed by atoms with Crippen molar-refractivity contribution in [3.05, 3.63) is 35.9 Å². The molecule has 0 radical (unpaired) electrons. The van der Waals surface area contributed by atoms with Crippen LogP contribution in [0.5, 0.6) is 0 Å². The van der Waals surface area contributed by atoms with Crippen molar-refractivity contribution in [3.8, 4) is 0 Å². The molecule has 5 rings (SSSR count). The fourth-order valence-electron chi connectivity index (χ4n) is 4.37. The molecule has 142 valence electrons. The van der Waals surface area contributed by atoms with Crippen LogP contribution in [-0.2, 0) is 13.6 Å². The average Bonchev–Trinajstić information content (AvgIpc) is 3.43. The van der Waals surface area contributed by atoms with Crippen molar-refractivity contribution < 1.29 is 0 Å². The molecule has 3 aromatic rings. The van der Waals surface area contributed by atoms with E-state index < -0.39 is 0 Å². The van der Waals surface area contributed by atoms with Crippen molar-refractivity contribution in [2.24, 2.45) is 7.05 Å². The Morgan fingerprint density at radius 1 is 1.07 bits per heavy atom. The van der Waals surface area contributed by atoms with Gasteiger partial charge >= 0.3 is 0 Å². The highest BCUT2D eigenvalue weighted by atomic mass is 32.1. The third-order valence-electron chi connectivity index (χ3n) is 5.90. The summed E-state index contributed by atoms with van der Waals surface area (Å²) >= 11 is 1.80. The van der Waals surface area contributed by atoms with Crippen LogP contribution < -0.4 is 4.90 Å². The van der Waals surface area contributed by atoms with E-state index >= 15 is 0 Å². The number of likely N-dealkylation sites (tertiary alicyclic amines) is 1. The van der Waals surface area contributed by atoms with Crippen molar-refractivity contribution in [3.63, 3.8) is 0 Å². The molecular formula is C20H26N6S. The largest absolute Gasteiger partial charge is 0.347 e. The van der Waals surface area contributed by atoms with Crippen LogP contribution >= 0.6 is 11.3 Å². The Bertz CT molecular complexity index is 893. The van der Waals surface area contributed by atoms with Crippen LogP contribution in [0.4, 0.5) is 5.13 Å². The highest BCUT2D eigenvalue weighted by Gasteiger charge is 2.28. The van der Waals surface area contributed by atoms with Gasteiger partial charge in [-0.2, -0.15) is 0 Å². The normalized spacial score (nSPS) is 21.4. The number of fused-ring (bicyclic) bond motifs is 1. The molecule has 4 heterocycles. The second-order valence-corrected chi connectivity index (χ2v) is 8.78. The number of rotatable bonds is 4. The van der Waals surface area contributed by atoms with Gasteiger partial charge in [-0.05, 0) is 50.9 Å². The Hall–Kier alpha value is -1.99. The summed E-state index contributed by atoms with van der Waals surface area (Å²) in [5.41, 5.74) is 1.10. The molecule has 0 amide bonds. The number of aromatic nitrogens is 4. The summed E-state index contributed by atoms with van der Waals surface area (Å²) in [7, 11) is 2.14. The first-order valence-corrected chi connectivity index (χ1v) is 10.8. The number of benzene rings is 1. The van der Waals surface area contributed by atoms with Gasteiger partial charge in [-0.25, -0.2) is 4.98 Å². The average molecular weight is 383 g/mol. The van der Waals surface area contributed by atoms with Crippen molar-refractivity contribution in [2.45, 2.75) is 38.1 Å². The molecule has 2 saturated heterocycles. The minimum absolute atomic E-state index is 0.426. The zero-order chi connectivity index (χ0) is 18.2. The monoisotopic (exact) mass is 382 g/mol. The lowest BCUT2D eigenvalue weighted by molar-refractivity contribution is 0.317. The first-order chi connectivity index (χ1) is 13.3. The molecule has 0 saturated carbocycles. The molecule has 7 heteroatoms. The van der Waals surface area contributed by atoms with E-state index in [9.17, 15) is 0 Å². The predicted molar refractivity (Wildman–Crippen MR) is 109 cm³/mol. The van der Waals surface area contributed by atoms with Crippen molar-refractivity contribution in [1.82, 2.24) is 24.6 Å². The van der Waals surface area contributed by atoms with E-state index in [0.29, 0.717) is 5.92 Å². The van der Waals surface area contributed by atoms with E-state index in [4.69, 9.17) is 4.98 Å². The van der Waals surface area contributed by atoms with Gasteiger partial charge in [0, 0.05) is 26.1 Å². The minimum atomic E-state index is 0.426. The van der Waals surface area contributed by atoms with E-state index in [1.165, 1.54) is 43.5 Å². The summed E-state index contributed by atoms with van der Waals surface area (Å²) in [5.74, 6) is 2.66. The van der Waals surface area contributed by atoms with Gasteiger partial charge in [-0.3, -0.25) is 4.90 Å². The fraction of sp³-hybridized carbons (Fsp3) is 0.550. The van der Waals surface area contributed by atoms with Gasteiger partial charge in [0.25, 0.3) is 0 Å². The maximum absolute atomic E-state index is 4.86. The van der Waals surface area contributed by atoms with Crippen molar-refractivity contribution in [2.75, 3.05) is 31.1 Å². The summed E-state index contributed by atoms with van der Waals surface area (Å²) in [6, 6.07) is 8.41. The molecule has 1 aromatic carbocycles. The molecule has 2 aromatic heterocycles. The fourth-order valence-corrected chi connectivity index (χ4v) is 5.37. The molecule has 0 aliphatic carbocycles. The highest BCUT2D eigenvalue weighted by molar-refractivity contribution is 7.22. The van der Waals surface area contributed by atoms with Crippen LogP contribution in [0.15, 0.2) is 24.3 Å². The Balaban J connectivity index is 1.34. The van der Waals surface area contributed by atoms with Gasteiger partial charge in [0.1, 0.15) is 11.6 Å². The smallest absolute Gasteiger partial charge is 0.186 e. The topological polar surface area (TPSA) is 50.1 Å². The van der Waals surface area contributed by atoms with Crippen LogP contribution in [0.25, 0.3) is 10.2 Å². The lowest BCUT2D eigenvalue weighted by Gasteiger charge is -2.32. The lowest BCUT2D eigenvalue weighted by atomic mass is 9.97. The Morgan fingerprint density at radius 3 is 2.78 bits per heavy atom. The first-order valence-electron chi connectivity index (χ1n) is 9.99. The number of nitrogens with zero attached hydrogens (tertiary/aromatic N) is 6. The SMILES string of the molecule is Cn1c(CN2CCCC2)nnc1[C@H]1CCCN(c2nc3ccccc3s2)C1. The number of anilines is 1. The standard InChI is InChI=1S/C20H26N6S/c1-24-18(14-25-10-4-5-11-25)22-23-19(24)15-7-6-12-26(13-15)20-21-16-8-2-3-9-17(16)27-20/h2-3,8-9,15H,4-7,10-14H2,1H3/t15-/m0/s1. The zero-order valence-electron chi connectivity index (χ0n) is 15.8. The number of thiazole rings is 1. The Labute approximate surface area is 163 Å². The van der Waals surface area contributed by atoms with Gasteiger partial charge in [0.05, 0.1) is 16.8 Å². The number of hydrogen-bond donors (Lipinski definition) is 0. The third-order valence-corrected chi connectivity index (χ3v) is 7.00. The summed E-state index contributed by atoms with van der Waals surface area (Å²) in [6.45, 7) is 5.37. The molecular weight excluding hydrogens is 356 g/mol. The summed E-state index contributed by atoms with van der Waals surface area (Å²) in [5, 5.41) is 10.3. The van der Waals surface area contributed by atoms with Gasteiger partial charge in [0.2, 0.25) is 0 Å². The molecule has 2 aliphatic heterocycles. The number of para-hydroxylation sites is 1. The van der Waals surface area contributed by atoms with Crippen LogP contribution in [-0.4, -0.2) is 50.8 Å². The van der Waals surface area contributed by atoms with Crippen LogP contribution in [0.3, 0.4) is 0 Å². The molecule has 0 spiro atoms. The van der Waals surface area contributed by atoms with Gasteiger partial charge in [0.15, 0.2) is 5.13 Å². The third kappa shape index (κ3) is 3.34. The molecule has 0 N–H and O–H groups in total. The first kappa shape index (κ1) is 17.1. The van der Waals surface area contributed by atoms with Gasteiger partial charge in [-0.15, -0.1) is 10.2 Å². The second kappa shape index (κ2) is 7.20. The molecule has 1 atom stereocenters. The maximum atomic E-state index is 4.86. The molecule has 0 unspecified atom stereocenters. The van der Waals surface area contributed by atoms with E-state index in [1.807, 2.05) is 0 Å². The highest BCUT2D eigenvalue weighted by Crippen LogP contribution is 2.34. The number of hydrogen-bond acceptors (Lipinski definition) is 6. The van der Waals surface area contributed by atoms with Crippen LogP contribution in [0.2, 0.25) is 0 Å². The van der Waals surface area contributed by atoms with Gasteiger partial charge < -0.3 is 9.47 Å². The molecule has 2 fully saturated rings. The van der Waals surface area contributed by atoms with E-state index in [2.05, 4.69) is 55.9 Å². The predicted octanol–water partition coefficient (Wildman–Crippen LogP) is 3.40. The van der Waals surface area contributed by atoms with E-state index in [-0.39, 0.29) is 0 Å². The molecule has 27 heavy (non-hydrogen) atoms. The zero-order valence-corrected chi connectivity index (χ0v) is 16.7. The molecule has 6 nitrogen and oxygen atoms in total. The molecule has 2 aliphatic rings. The van der Waals surface area contributed by atoms with E-state index in [1.54, 1.807) is 11.3 Å². The van der Waals surface area contributed by atoms with Crippen LogP contribution in [0.1, 0.15) is 43.3 Å². The Kier molecular flexibility index (Phi) is 4.57. The summed E-state index contributed by atoms with van der Waals surface area (Å²) in [6.07, 6.45) is 4.97. The second-order valence-electron chi connectivity index (χ2n) is 7.77. The lowest BCUT2D eigenvalue weighted by Crippen LogP contribution is -2.35. The van der Waals surface area contributed by atoms with Crippen molar-refractivity contribution in [1.29, 1.82) is 0 Å². The van der Waals surface area contributed by atoms with E-state index in [0.717, 1.165) is 41.9 Å². The quantitative estimate of drug-likeness (QED) is 0.692. The summed E-state index contributed by atoms with van der Waals surface area (Å²) < 4.78 is 3.51. The summed E-state index contributed by atoms with van der Waals surface area (Å²) in [4.78, 5) is 9.78. The van der Waals surface area contributed by atoms with Gasteiger partial charge in [-0.1, -0.05) is 23.5 Å². The minimum Gasteiger partial charge on any atom is -0.347 e. The molecule has 0 bridgehead atoms.